The standard InChI is InChI=1S/C57H101NO10/c1-4-7-10-13-16-19-22-25-27-30-33-36-39-42-45-52(62)68-55-54(64)53(63)51(46-59)67-57(55)66-47-48(49(60)43-40-37-34-31-29-26-23-20-17-14-11-8-5-2)58-56(65)50(61)44-41-38-35-32-28-24-21-18-15-12-9-6-3/h9,12,15,18,21,24,27,30,40,43,48-51,53-55,57,59-61,63-64H,4-8,10-11,13-14,16-17,19-20,22-23,25-26,28-29,31-39,41-42,44-47H2,1-3H3,(H,58,65)/b12-9+,18-15+,24-21-,30-27-,43-40+. The Hall–Kier alpha value is -2.64. The summed E-state index contributed by atoms with van der Waals surface area (Å²) in [7, 11) is 0. The first-order valence-corrected chi connectivity index (χ1v) is 27.6. The second-order valence-electron chi connectivity index (χ2n) is 19.0. The van der Waals surface area contributed by atoms with Crippen molar-refractivity contribution in [3.8, 4) is 0 Å². The highest BCUT2D eigenvalue weighted by Crippen LogP contribution is 2.26. The zero-order valence-corrected chi connectivity index (χ0v) is 43.2. The zero-order chi connectivity index (χ0) is 49.7. The van der Waals surface area contributed by atoms with Gasteiger partial charge in [0.25, 0.3) is 0 Å². The molecule has 8 unspecified atom stereocenters. The molecule has 11 heteroatoms. The number of aliphatic hydroxyl groups excluding tert-OH is 5. The lowest BCUT2D eigenvalue weighted by atomic mass is 9.99. The fourth-order valence-electron chi connectivity index (χ4n) is 8.29. The Morgan fingerprint density at radius 1 is 0.588 bits per heavy atom. The van der Waals surface area contributed by atoms with Crippen LogP contribution in [0.2, 0.25) is 0 Å². The maximum atomic E-state index is 13.3. The number of ether oxygens (including phenoxy) is 3. The molecule has 0 spiro atoms. The molecule has 0 radical (unpaired) electrons. The number of allylic oxidation sites excluding steroid dienone is 9. The third-order valence-electron chi connectivity index (χ3n) is 12.7. The topological polar surface area (TPSA) is 175 Å². The number of hydrogen-bond acceptors (Lipinski definition) is 10. The molecule has 1 saturated heterocycles. The number of carbonyl (C=O) groups excluding carboxylic acids is 2. The molecule has 0 aliphatic carbocycles. The van der Waals surface area contributed by atoms with Gasteiger partial charge >= 0.3 is 5.97 Å². The number of hydrogen-bond donors (Lipinski definition) is 6. The molecule has 1 fully saturated rings. The van der Waals surface area contributed by atoms with E-state index in [0.717, 1.165) is 77.0 Å². The van der Waals surface area contributed by atoms with Crippen LogP contribution in [0, 0.1) is 0 Å². The molecule has 68 heavy (non-hydrogen) atoms. The van der Waals surface area contributed by atoms with Crippen molar-refractivity contribution in [1.29, 1.82) is 0 Å². The van der Waals surface area contributed by atoms with Gasteiger partial charge in [-0.05, 0) is 70.6 Å². The predicted octanol–water partition coefficient (Wildman–Crippen LogP) is 11.9. The first-order chi connectivity index (χ1) is 33.2. The van der Waals surface area contributed by atoms with Gasteiger partial charge in [-0.15, -0.1) is 0 Å². The summed E-state index contributed by atoms with van der Waals surface area (Å²) in [6.45, 7) is 5.60. The summed E-state index contributed by atoms with van der Waals surface area (Å²) in [6, 6.07) is -1.04. The van der Waals surface area contributed by atoms with Crippen LogP contribution in [-0.4, -0.2) is 99.6 Å². The third-order valence-corrected chi connectivity index (χ3v) is 12.7. The quantitative estimate of drug-likeness (QED) is 0.0149. The van der Waals surface area contributed by atoms with Crippen LogP contribution in [0.4, 0.5) is 0 Å². The van der Waals surface area contributed by atoms with Gasteiger partial charge in [0.1, 0.15) is 24.4 Å². The Bertz CT molecular complexity index is 1330. The van der Waals surface area contributed by atoms with Gasteiger partial charge in [0.15, 0.2) is 12.4 Å². The van der Waals surface area contributed by atoms with E-state index in [1.54, 1.807) is 6.08 Å². The van der Waals surface area contributed by atoms with Gasteiger partial charge in [-0.25, -0.2) is 0 Å². The Labute approximate surface area is 414 Å². The summed E-state index contributed by atoms with van der Waals surface area (Å²) >= 11 is 0. The Morgan fingerprint density at radius 2 is 1.07 bits per heavy atom. The summed E-state index contributed by atoms with van der Waals surface area (Å²) in [6.07, 6.45) is 44.1. The van der Waals surface area contributed by atoms with Crippen LogP contribution in [0.1, 0.15) is 226 Å². The Kier molecular flexibility index (Phi) is 42.4. The van der Waals surface area contributed by atoms with Gasteiger partial charge in [0.2, 0.25) is 5.91 Å². The fourth-order valence-corrected chi connectivity index (χ4v) is 8.29. The normalized spacial score (nSPS) is 20.4. The number of nitrogens with one attached hydrogen (secondary N) is 1. The number of amides is 1. The van der Waals surface area contributed by atoms with E-state index in [9.17, 15) is 35.1 Å². The smallest absolute Gasteiger partial charge is 0.306 e. The van der Waals surface area contributed by atoms with E-state index < -0.39 is 67.4 Å². The van der Waals surface area contributed by atoms with Crippen LogP contribution in [0.15, 0.2) is 60.8 Å². The van der Waals surface area contributed by atoms with Crippen molar-refractivity contribution in [2.24, 2.45) is 0 Å². The molecule has 0 bridgehead atoms. The first kappa shape index (κ1) is 63.4. The summed E-state index contributed by atoms with van der Waals surface area (Å²) in [5.41, 5.74) is 0. The minimum atomic E-state index is -1.62. The molecule has 11 nitrogen and oxygen atoms in total. The lowest BCUT2D eigenvalue weighted by Gasteiger charge is -2.41. The van der Waals surface area contributed by atoms with E-state index in [1.165, 1.54) is 103 Å². The minimum Gasteiger partial charge on any atom is -0.454 e. The van der Waals surface area contributed by atoms with Crippen molar-refractivity contribution >= 4 is 11.9 Å². The van der Waals surface area contributed by atoms with Crippen molar-refractivity contribution in [1.82, 2.24) is 5.32 Å². The van der Waals surface area contributed by atoms with Crippen molar-refractivity contribution in [2.75, 3.05) is 13.2 Å². The SMILES string of the molecule is CC/C=C/C=C/C=C\CCCCCCC(O)C(=O)NC(COC1OC(CO)C(O)C(O)C1OC(=O)CCCCC/C=C\CCCCCCCCC)C(O)/C=C/CCCCCCCCCCCCC. The van der Waals surface area contributed by atoms with Crippen LogP contribution >= 0.6 is 0 Å². The van der Waals surface area contributed by atoms with Crippen molar-refractivity contribution in [3.63, 3.8) is 0 Å². The monoisotopic (exact) mass is 960 g/mol. The second-order valence-corrected chi connectivity index (χ2v) is 19.0. The fraction of sp³-hybridized carbons (Fsp3) is 0.789. The second kappa shape index (κ2) is 45.5. The highest BCUT2D eigenvalue weighted by atomic mass is 16.7. The third kappa shape index (κ3) is 33.8. The van der Waals surface area contributed by atoms with E-state index >= 15 is 0 Å². The van der Waals surface area contributed by atoms with Gasteiger partial charge < -0.3 is 45.1 Å². The molecule has 1 heterocycles. The summed E-state index contributed by atoms with van der Waals surface area (Å²) in [5.74, 6) is -1.24. The molecule has 0 saturated carbocycles. The summed E-state index contributed by atoms with van der Waals surface area (Å²) < 4.78 is 17.5. The molecule has 6 N–H and O–H groups in total. The van der Waals surface area contributed by atoms with E-state index in [-0.39, 0.29) is 19.4 Å². The lowest BCUT2D eigenvalue weighted by molar-refractivity contribution is -0.305. The summed E-state index contributed by atoms with van der Waals surface area (Å²) in [4.78, 5) is 26.4. The van der Waals surface area contributed by atoms with Gasteiger partial charge in [0.05, 0.1) is 25.4 Å². The van der Waals surface area contributed by atoms with E-state index in [1.807, 2.05) is 30.4 Å². The van der Waals surface area contributed by atoms with Crippen molar-refractivity contribution in [2.45, 2.75) is 275 Å². The first-order valence-electron chi connectivity index (χ1n) is 27.6. The Balaban J connectivity index is 2.79. The molecule has 0 aromatic rings. The van der Waals surface area contributed by atoms with Crippen LogP contribution in [0.5, 0.6) is 0 Å². The molecular formula is C57H101NO10. The number of carbonyl (C=O) groups is 2. The molecular weight excluding hydrogens is 859 g/mol. The van der Waals surface area contributed by atoms with E-state index in [2.05, 4.69) is 50.4 Å². The van der Waals surface area contributed by atoms with Crippen LogP contribution in [0.25, 0.3) is 0 Å². The maximum absolute atomic E-state index is 13.3. The number of rotatable bonds is 45. The minimum absolute atomic E-state index is 0.0995. The molecule has 394 valence electrons. The zero-order valence-electron chi connectivity index (χ0n) is 43.2. The van der Waals surface area contributed by atoms with Gasteiger partial charge in [-0.3, -0.25) is 9.59 Å². The number of unbranched alkanes of at least 4 members (excludes halogenated alkanes) is 25. The number of esters is 1. The molecule has 0 aromatic carbocycles. The van der Waals surface area contributed by atoms with E-state index in [4.69, 9.17) is 14.2 Å². The molecule has 1 aliphatic heterocycles. The summed E-state index contributed by atoms with van der Waals surface area (Å²) in [5, 5.41) is 56.7. The lowest BCUT2D eigenvalue weighted by Crippen LogP contribution is -2.61. The number of aliphatic hydroxyl groups is 5. The van der Waals surface area contributed by atoms with E-state index in [0.29, 0.717) is 12.8 Å². The predicted molar refractivity (Wildman–Crippen MR) is 278 cm³/mol. The molecule has 8 atom stereocenters. The highest BCUT2D eigenvalue weighted by Gasteiger charge is 2.47. The van der Waals surface area contributed by atoms with Crippen LogP contribution < -0.4 is 5.32 Å². The largest absolute Gasteiger partial charge is 0.454 e. The highest BCUT2D eigenvalue weighted by molar-refractivity contribution is 5.80. The van der Waals surface area contributed by atoms with Gasteiger partial charge in [-0.2, -0.15) is 0 Å². The molecule has 1 rings (SSSR count). The maximum Gasteiger partial charge on any atom is 0.306 e. The van der Waals surface area contributed by atoms with Gasteiger partial charge in [0, 0.05) is 6.42 Å². The Morgan fingerprint density at radius 3 is 1.62 bits per heavy atom. The molecule has 1 aliphatic rings. The van der Waals surface area contributed by atoms with Crippen molar-refractivity contribution < 1.29 is 49.3 Å². The molecule has 1 amide bonds. The van der Waals surface area contributed by atoms with Crippen molar-refractivity contribution in [3.05, 3.63) is 60.8 Å². The van der Waals surface area contributed by atoms with Crippen LogP contribution in [-0.2, 0) is 23.8 Å². The van der Waals surface area contributed by atoms with Crippen LogP contribution in [0.3, 0.4) is 0 Å². The average molecular weight is 960 g/mol. The van der Waals surface area contributed by atoms with Gasteiger partial charge in [-0.1, -0.05) is 210 Å². The molecule has 0 aromatic heterocycles. The average Bonchev–Trinajstić information content (AvgIpc) is 3.33.